The SMILES string of the molecule is COc1ccc(C2/C(=C(\O)c3cccc(OC)c3)C(=O)C(=O)N2c2nc3ccc(Cl)cc3s2)cc1. The number of Topliss-reactive ketones (excluding diaryl/α,β-unsaturated/α-hetero) is 1. The zero-order chi connectivity index (χ0) is 24.7. The van der Waals surface area contributed by atoms with Gasteiger partial charge in [0.05, 0.1) is 36.1 Å². The summed E-state index contributed by atoms with van der Waals surface area (Å²) in [6.45, 7) is 0. The number of amides is 1. The number of hydrogen-bond donors (Lipinski definition) is 1. The van der Waals surface area contributed by atoms with E-state index >= 15 is 0 Å². The van der Waals surface area contributed by atoms with E-state index in [4.69, 9.17) is 21.1 Å². The third-order valence-electron chi connectivity index (χ3n) is 5.76. The average Bonchev–Trinajstić information content (AvgIpc) is 3.41. The Hall–Kier alpha value is -3.88. The lowest BCUT2D eigenvalue weighted by molar-refractivity contribution is -0.132. The number of thiazole rings is 1. The number of carbonyl (C=O) groups excluding carboxylic acids is 2. The highest BCUT2D eigenvalue weighted by molar-refractivity contribution is 7.22. The first-order valence-electron chi connectivity index (χ1n) is 10.6. The number of aliphatic hydroxyl groups excluding tert-OH is 1. The van der Waals surface area contributed by atoms with Crippen LogP contribution in [0.4, 0.5) is 5.13 Å². The monoisotopic (exact) mass is 506 g/mol. The van der Waals surface area contributed by atoms with Gasteiger partial charge in [0.1, 0.15) is 17.3 Å². The van der Waals surface area contributed by atoms with Crippen molar-refractivity contribution in [2.24, 2.45) is 0 Å². The molecule has 1 saturated heterocycles. The molecule has 5 rings (SSSR count). The minimum atomic E-state index is -0.900. The summed E-state index contributed by atoms with van der Waals surface area (Å²) in [5, 5.41) is 12.1. The van der Waals surface area contributed by atoms with Gasteiger partial charge in [0.25, 0.3) is 5.78 Å². The van der Waals surface area contributed by atoms with Gasteiger partial charge in [0, 0.05) is 10.6 Å². The lowest BCUT2D eigenvalue weighted by atomic mass is 9.95. The van der Waals surface area contributed by atoms with Crippen molar-refractivity contribution >= 4 is 55.7 Å². The summed E-state index contributed by atoms with van der Waals surface area (Å²) < 4.78 is 11.3. The van der Waals surface area contributed by atoms with Crippen molar-refractivity contribution in [1.82, 2.24) is 4.98 Å². The first-order chi connectivity index (χ1) is 16.9. The van der Waals surface area contributed by atoms with Crippen LogP contribution in [0.3, 0.4) is 0 Å². The molecule has 1 fully saturated rings. The molecule has 0 aliphatic carbocycles. The number of fused-ring (bicyclic) bond motifs is 1. The number of aliphatic hydroxyl groups is 1. The second-order valence-corrected chi connectivity index (χ2v) is 9.23. The molecule has 7 nitrogen and oxygen atoms in total. The smallest absolute Gasteiger partial charge is 0.301 e. The number of methoxy groups -OCH3 is 2. The van der Waals surface area contributed by atoms with Crippen LogP contribution in [0.2, 0.25) is 5.02 Å². The van der Waals surface area contributed by atoms with Crippen molar-refractivity contribution in [3.8, 4) is 11.5 Å². The normalized spacial score (nSPS) is 17.2. The van der Waals surface area contributed by atoms with E-state index in [1.807, 2.05) is 0 Å². The maximum atomic E-state index is 13.3. The number of ether oxygens (including phenoxy) is 2. The van der Waals surface area contributed by atoms with Crippen LogP contribution in [0.5, 0.6) is 11.5 Å². The first-order valence-corrected chi connectivity index (χ1v) is 11.8. The van der Waals surface area contributed by atoms with E-state index in [0.717, 1.165) is 4.70 Å². The van der Waals surface area contributed by atoms with Gasteiger partial charge in [-0.25, -0.2) is 4.98 Å². The van der Waals surface area contributed by atoms with Crippen LogP contribution >= 0.6 is 22.9 Å². The first kappa shape index (κ1) is 22.9. The van der Waals surface area contributed by atoms with Gasteiger partial charge in [0.15, 0.2) is 5.13 Å². The quantitative estimate of drug-likeness (QED) is 0.215. The lowest BCUT2D eigenvalue weighted by Crippen LogP contribution is -2.29. The second-order valence-electron chi connectivity index (χ2n) is 7.78. The third kappa shape index (κ3) is 4.00. The van der Waals surface area contributed by atoms with Crippen molar-refractivity contribution in [1.29, 1.82) is 0 Å². The Morgan fingerprint density at radius 2 is 1.74 bits per heavy atom. The Morgan fingerprint density at radius 1 is 1.00 bits per heavy atom. The predicted octanol–water partition coefficient (Wildman–Crippen LogP) is 5.59. The largest absolute Gasteiger partial charge is 0.507 e. The molecule has 1 aliphatic heterocycles. The van der Waals surface area contributed by atoms with Crippen LogP contribution in [0.15, 0.2) is 72.3 Å². The van der Waals surface area contributed by atoms with E-state index in [1.165, 1.54) is 23.3 Å². The fourth-order valence-corrected chi connectivity index (χ4v) is 5.31. The summed E-state index contributed by atoms with van der Waals surface area (Å²) in [5.41, 5.74) is 1.59. The fourth-order valence-electron chi connectivity index (χ4n) is 4.05. The van der Waals surface area contributed by atoms with Crippen LogP contribution in [0.1, 0.15) is 17.2 Å². The molecule has 2 heterocycles. The van der Waals surface area contributed by atoms with Crippen molar-refractivity contribution in [3.05, 3.63) is 88.5 Å². The number of rotatable bonds is 5. The van der Waals surface area contributed by atoms with Crippen LogP contribution in [0, 0.1) is 0 Å². The Kier molecular flexibility index (Phi) is 5.92. The molecule has 35 heavy (non-hydrogen) atoms. The van der Waals surface area contributed by atoms with Gasteiger partial charge in [-0.2, -0.15) is 0 Å². The minimum absolute atomic E-state index is 0.0364. The number of nitrogens with zero attached hydrogens (tertiary/aromatic N) is 2. The van der Waals surface area contributed by atoms with E-state index in [0.29, 0.717) is 38.3 Å². The maximum absolute atomic E-state index is 13.3. The maximum Gasteiger partial charge on any atom is 0.301 e. The number of ketones is 1. The molecule has 3 aromatic carbocycles. The molecule has 0 bridgehead atoms. The van der Waals surface area contributed by atoms with Crippen molar-refractivity contribution in [2.75, 3.05) is 19.1 Å². The summed E-state index contributed by atoms with van der Waals surface area (Å²) in [4.78, 5) is 32.6. The Bertz CT molecular complexity index is 1500. The molecule has 4 aromatic rings. The van der Waals surface area contributed by atoms with Gasteiger partial charge < -0.3 is 14.6 Å². The fraction of sp³-hybridized carbons (Fsp3) is 0.115. The molecule has 0 saturated carbocycles. The van der Waals surface area contributed by atoms with Crippen LogP contribution in [-0.2, 0) is 9.59 Å². The van der Waals surface area contributed by atoms with Gasteiger partial charge in [-0.05, 0) is 48.0 Å². The van der Waals surface area contributed by atoms with Crippen molar-refractivity contribution in [3.63, 3.8) is 0 Å². The Morgan fingerprint density at radius 3 is 2.46 bits per heavy atom. The third-order valence-corrected chi connectivity index (χ3v) is 7.02. The predicted molar refractivity (Wildman–Crippen MR) is 135 cm³/mol. The number of benzene rings is 3. The number of halogens is 1. The molecule has 1 aromatic heterocycles. The molecule has 0 spiro atoms. The molecule has 9 heteroatoms. The summed E-state index contributed by atoms with van der Waals surface area (Å²) in [6, 6.07) is 18.0. The van der Waals surface area contributed by atoms with Crippen molar-refractivity contribution < 1.29 is 24.2 Å². The minimum Gasteiger partial charge on any atom is -0.507 e. The number of aromatic nitrogens is 1. The van der Waals surface area contributed by atoms with Gasteiger partial charge in [-0.15, -0.1) is 0 Å². The van der Waals surface area contributed by atoms with Gasteiger partial charge in [-0.3, -0.25) is 14.5 Å². The average molecular weight is 507 g/mol. The Labute approximate surface area is 209 Å². The zero-order valence-electron chi connectivity index (χ0n) is 18.7. The summed E-state index contributed by atoms with van der Waals surface area (Å²) >= 11 is 7.38. The van der Waals surface area contributed by atoms with Gasteiger partial charge in [0.2, 0.25) is 0 Å². The van der Waals surface area contributed by atoms with E-state index in [2.05, 4.69) is 4.98 Å². The highest BCUT2D eigenvalue weighted by atomic mass is 35.5. The van der Waals surface area contributed by atoms with E-state index in [1.54, 1.807) is 73.8 Å². The molecule has 1 atom stereocenters. The molecule has 176 valence electrons. The number of anilines is 1. The van der Waals surface area contributed by atoms with Crippen LogP contribution in [0.25, 0.3) is 16.0 Å². The molecular weight excluding hydrogens is 488 g/mol. The number of carbonyl (C=O) groups is 2. The Balaban J connectivity index is 1.72. The molecule has 1 N–H and O–H groups in total. The van der Waals surface area contributed by atoms with Crippen LogP contribution < -0.4 is 14.4 Å². The zero-order valence-corrected chi connectivity index (χ0v) is 20.3. The summed E-state index contributed by atoms with van der Waals surface area (Å²) in [5.74, 6) is -0.751. The summed E-state index contributed by atoms with van der Waals surface area (Å²) in [7, 11) is 3.06. The summed E-state index contributed by atoms with van der Waals surface area (Å²) in [6.07, 6.45) is 0. The molecule has 1 unspecified atom stereocenters. The number of hydrogen-bond acceptors (Lipinski definition) is 7. The second kappa shape index (κ2) is 9.05. The van der Waals surface area contributed by atoms with Crippen LogP contribution in [-0.4, -0.2) is 36.0 Å². The highest BCUT2D eigenvalue weighted by Crippen LogP contribution is 2.45. The molecule has 1 amide bonds. The highest BCUT2D eigenvalue weighted by Gasteiger charge is 2.48. The topological polar surface area (TPSA) is 89.0 Å². The molecular formula is C26H19ClN2O5S. The molecule has 1 aliphatic rings. The molecule has 0 radical (unpaired) electrons. The standard InChI is InChI=1S/C26H19ClN2O5S/c1-33-17-9-6-14(7-10-17)22-21(23(30)15-4-3-5-18(12-15)34-2)24(31)25(32)29(22)26-28-19-11-8-16(27)13-20(19)35-26/h3-13,22,30H,1-2H3/b23-21+. The van der Waals surface area contributed by atoms with Crippen molar-refractivity contribution in [2.45, 2.75) is 6.04 Å². The van der Waals surface area contributed by atoms with Gasteiger partial charge >= 0.3 is 5.91 Å². The van der Waals surface area contributed by atoms with E-state index in [-0.39, 0.29) is 11.3 Å². The van der Waals surface area contributed by atoms with E-state index < -0.39 is 17.7 Å². The lowest BCUT2D eigenvalue weighted by Gasteiger charge is -2.23. The van der Waals surface area contributed by atoms with Gasteiger partial charge in [-0.1, -0.05) is 47.2 Å². The van der Waals surface area contributed by atoms with E-state index in [9.17, 15) is 14.7 Å².